The van der Waals surface area contributed by atoms with E-state index in [-0.39, 0.29) is 34.5 Å². The van der Waals surface area contributed by atoms with Crippen molar-refractivity contribution in [3.05, 3.63) is 74.4 Å². The van der Waals surface area contributed by atoms with Gasteiger partial charge in [-0.05, 0) is 42.3 Å². The van der Waals surface area contributed by atoms with E-state index in [1.807, 2.05) is 6.92 Å². The van der Waals surface area contributed by atoms with Gasteiger partial charge in [0.15, 0.2) is 0 Å². The molecule has 2 aromatic carbocycles. The third-order valence-electron chi connectivity index (χ3n) is 4.84. The lowest BCUT2D eigenvalue weighted by Gasteiger charge is -2.15. The van der Waals surface area contributed by atoms with Gasteiger partial charge in [-0.2, -0.15) is 0 Å². The highest BCUT2D eigenvalue weighted by Gasteiger charge is 2.23. The molecule has 3 rings (SSSR count). The lowest BCUT2D eigenvalue weighted by molar-refractivity contribution is -0.137. The maximum atomic E-state index is 13.1. The van der Waals surface area contributed by atoms with Crippen LogP contribution in [0.1, 0.15) is 34.0 Å². The molecule has 0 aliphatic rings. The Bertz CT molecular complexity index is 1260. The number of halogens is 6. The van der Waals surface area contributed by atoms with Crippen LogP contribution in [0.2, 0.25) is 15.1 Å². The van der Waals surface area contributed by atoms with Gasteiger partial charge in [-0.3, -0.25) is 9.36 Å². The first-order valence-corrected chi connectivity index (χ1v) is 12.0. The highest BCUT2D eigenvalue weighted by molar-refractivity contribution is 6.67. The standard InChI is InChI=1S/C23H17Cl6NO4/c1-12-10-30(19(32)9-18(31)22-15(25)7-14(24)8-16(22)26)17-4-2-3-13(21(12)17)5-6-20(33)34-11-23(27,28)29/h2-8,10,18,31H,9,11H2,1H3/b6-5+. The van der Waals surface area contributed by atoms with Crippen molar-refractivity contribution in [2.45, 2.75) is 23.2 Å². The summed E-state index contributed by atoms with van der Waals surface area (Å²) in [7, 11) is 0. The van der Waals surface area contributed by atoms with Gasteiger partial charge >= 0.3 is 5.97 Å². The number of aliphatic hydroxyl groups excluding tert-OH is 1. The normalized spacial score (nSPS) is 12.9. The molecule has 0 radical (unpaired) electrons. The van der Waals surface area contributed by atoms with Gasteiger partial charge in [0, 0.05) is 38.3 Å². The predicted octanol–water partition coefficient (Wildman–Crippen LogP) is 7.60. The van der Waals surface area contributed by atoms with Crippen molar-refractivity contribution >= 4 is 98.5 Å². The van der Waals surface area contributed by atoms with Crippen LogP contribution in [0.5, 0.6) is 0 Å². The molecule has 0 bridgehead atoms. The SMILES string of the molecule is Cc1cn(C(=O)CC(O)c2c(Cl)cc(Cl)cc2Cl)c2cccc(/C=C/C(=O)OCC(Cl)(Cl)Cl)c12. The monoisotopic (exact) mass is 581 g/mol. The molecule has 0 amide bonds. The summed E-state index contributed by atoms with van der Waals surface area (Å²) in [5.41, 5.74) is 2.29. The molecule has 0 aliphatic carbocycles. The summed E-state index contributed by atoms with van der Waals surface area (Å²) in [4.78, 5) is 25.0. The van der Waals surface area contributed by atoms with Gasteiger partial charge in [0.05, 0.1) is 18.0 Å². The maximum Gasteiger partial charge on any atom is 0.330 e. The minimum Gasteiger partial charge on any atom is -0.458 e. The Balaban J connectivity index is 1.86. The molecule has 1 heterocycles. The van der Waals surface area contributed by atoms with Crippen LogP contribution >= 0.6 is 69.6 Å². The van der Waals surface area contributed by atoms with Crippen molar-refractivity contribution in [3.63, 3.8) is 0 Å². The number of nitrogens with zero attached hydrogens (tertiary/aromatic N) is 1. The molecule has 1 aromatic heterocycles. The molecule has 11 heteroatoms. The summed E-state index contributed by atoms with van der Waals surface area (Å²) in [6.45, 7) is 1.44. The minimum atomic E-state index is -1.71. The summed E-state index contributed by atoms with van der Waals surface area (Å²) in [6.07, 6.45) is 2.90. The Hall–Kier alpha value is -1.44. The molecule has 0 spiro atoms. The second kappa shape index (κ2) is 11.1. The van der Waals surface area contributed by atoms with Gasteiger partial charge in [0.25, 0.3) is 0 Å². The fourth-order valence-corrected chi connectivity index (χ4v) is 4.69. The number of aryl methyl sites for hydroxylation is 1. The van der Waals surface area contributed by atoms with Crippen molar-refractivity contribution in [1.82, 2.24) is 4.57 Å². The Morgan fingerprint density at radius 1 is 1.15 bits per heavy atom. The van der Waals surface area contributed by atoms with Gasteiger partial charge in [0.2, 0.25) is 9.70 Å². The number of carbonyl (C=O) groups is 2. The Morgan fingerprint density at radius 3 is 2.41 bits per heavy atom. The lowest BCUT2D eigenvalue weighted by Crippen LogP contribution is -2.15. The number of hydrogen-bond donors (Lipinski definition) is 1. The molecule has 0 saturated carbocycles. The molecule has 1 unspecified atom stereocenters. The van der Waals surface area contributed by atoms with Crippen LogP contribution in [0.4, 0.5) is 0 Å². The number of ether oxygens (including phenoxy) is 1. The topological polar surface area (TPSA) is 68.5 Å². The summed E-state index contributed by atoms with van der Waals surface area (Å²) >= 11 is 35.0. The number of fused-ring (bicyclic) bond motifs is 1. The van der Waals surface area contributed by atoms with Crippen LogP contribution in [-0.4, -0.2) is 31.9 Å². The number of carbonyl (C=O) groups excluding carboxylic acids is 2. The van der Waals surface area contributed by atoms with E-state index in [2.05, 4.69) is 0 Å². The van der Waals surface area contributed by atoms with Crippen molar-refractivity contribution in [2.24, 2.45) is 0 Å². The zero-order valence-electron chi connectivity index (χ0n) is 17.5. The molecular weight excluding hydrogens is 567 g/mol. The third kappa shape index (κ3) is 6.61. The smallest absolute Gasteiger partial charge is 0.330 e. The van der Waals surface area contributed by atoms with Gasteiger partial charge in [0.1, 0.15) is 6.61 Å². The number of aliphatic hydroxyl groups is 1. The van der Waals surface area contributed by atoms with E-state index in [1.165, 1.54) is 22.8 Å². The lowest BCUT2D eigenvalue weighted by atomic mass is 10.1. The first kappa shape index (κ1) is 27.2. The average Bonchev–Trinajstić information content (AvgIpc) is 3.07. The molecular formula is C23H17Cl6NO4. The van der Waals surface area contributed by atoms with E-state index in [4.69, 9.17) is 74.3 Å². The van der Waals surface area contributed by atoms with Crippen LogP contribution in [0, 0.1) is 6.92 Å². The Kier molecular flexibility index (Phi) is 8.85. The van der Waals surface area contributed by atoms with Crippen LogP contribution in [0.15, 0.2) is 42.6 Å². The van der Waals surface area contributed by atoms with Crippen LogP contribution < -0.4 is 0 Å². The van der Waals surface area contributed by atoms with Gasteiger partial charge < -0.3 is 9.84 Å². The highest BCUT2D eigenvalue weighted by atomic mass is 35.6. The first-order valence-electron chi connectivity index (χ1n) is 9.75. The predicted molar refractivity (Wildman–Crippen MR) is 139 cm³/mol. The van der Waals surface area contributed by atoms with Crippen LogP contribution in [-0.2, 0) is 9.53 Å². The molecule has 3 aromatic rings. The molecule has 180 valence electrons. The summed E-state index contributed by atoms with van der Waals surface area (Å²) in [5, 5.41) is 12.1. The first-order chi connectivity index (χ1) is 15.9. The second-order valence-electron chi connectivity index (χ2n) is 7.38. The summed E-state index contributed by atoms with van der Waals surface area (Å²) in [5.74, 6) is -1.06. The number of esters is 1. The fraction of sp³-hybridized carbons (Fsp3) is 0.217. The minimum absolute atomic E-state index is 0.167. The molecule has 0 fully saturated rings. The molecule has 0 saturated heterocycles. The quantitative estimate of drug-likeness (QED) is 0.184. The Morgan fingerprint density at radius 2 is 1.79 bits per heavy atom. The molecule has 1 N–H and O–H groups in total. The molecule has 34 heavy (non-hydrogen) atoms. The van der Waals surface area contributed by atoms with Gasteiger partial charge in [-0.1, -0.05) is 81.7 Å². The van der Waals surface area contributed by atoms with E-state index in [1.54, 1.807) is 30.5 Å². The largest absolute Gasteiger partial charge is 0.458 e. The number of aromatic nitrogens is 1. The van der Waals surface area contributed by atoms with Crippen molar-refractivity contribution in [1.29, 1.82) is 0 Å². The van der Waals surface area contributed by atoms with E-state index >= 15 is 0 Å². The zero-order valence-corrected chi connectivity index (χ0v) is 22.0. The van der Waals surface area contributed by atoms with Crippen molar-refractivity contribution in [2.75, 3.05) is 6.61 Å². The number of alkyl halides is 3. The van der Waals surface area contributed by atoms with Gasteiger partial charge in [-0.25, -0.2) is 4.79 Å². The zero-order chi connectivity index (χ0) is 25.2. The molecule has 1 atom stereocenters. The maximum absolute atomic E-state index is 13.1. The highest BCUT2D eigenvalue weighted by Crippen LogP contribution is 2.35. The number of benzene rings is 2. The second-order valence-corrected chi connectivity index (χ2v) is 11.1. The molecule has 5 nitrogen and oxygen atoms in total. The fourth-order valence-electron chi connectivity index (χ4n) is 3.46. The summed E-state index contributed by atoms with van der Waals surface area (Å²) in [6, 6.07) is 8.17. The summed E-state index contributed by atoms with van der Waals surface area (Å²) < 4.78 is 4.62. The van der Waals surface area contributed by atoms with E-state index in [0.29, 0.717) is 16.1 Å². The van der Waals surface area contributed by atoms with E-state index in [9.17, 15) is 14.7 Å². The van der Waals surface area contributed by atoms with Crippen molar-refractivity contribution < 1.29 is 19.4 Å². The Labute approximate surface area is 225 Å². The van der Waals surface area contributed by atoms with Crippen molar-refractivity contribution in [3.8, 4) is 0 Å². The number of hydrogen-bond acceptors (Lipinski definition) is 4. The van der Waals surface area contributed by atoms with E-state index in [0.717, 1.165) is 10.9 Å². The average molecular weight is 584 g/mol. The number of rotatable bonds is 6. The van der Waals surface area contributed by atoms with Crippen LogP contribution in [0.3, 0.4) is 0 Å². The van der Waals surface area contributed by atoms with Gasteiger partial charge in [-0.15, -0.1) is 0 Å². The molecule has 0 aliphatic heterocycles. The van der Waals surface area contributed by atoms with E-state index < -0.39 is 15.9 Å². The third-order valence-corrected chi connectivity index (χ3v) is 6.01. The van der Waals surface area contributed by atoms with Crippen LogP contribution in [0.25, 0.3) is 17.0 Å².